The van der Waals surface area contributed by atoms with E-state index in [1.807, 2.05) is 29.8 Å². The van der Waals surface area contributed by atoms with Gasteiger partial charge in [-0.2, -0.15) is 5.32 Å². The Morgan fingerprint density at radius 1 is 1.67 bits per heavy atom. The molecule has 1 rings (SSSR count). The van der Waals surface area contributed by atoms with E-state index in [4.69, 9.17) is 5.73 Å². The lowest BCUT2D eigenvalue weighted by molar-refractivity contribution is -0.679. The smallest absolute Gasteiger partial charge is 0.331 e. The molecular formula is C8H12N3O+. The van der Waals surface area contributed by atoms with Gasteiger partial charge in [0.25, 0.3) is 5.82 Å². The molecule has 0 fully saturated rings. The molecule has 0 saturated heterocycles. The molecule has 64 valence electrons. The van der Waals surface area contributed by atoms with Crippen LogP contribution in [0, 0.1) is 0 Å². The highest BCUT2D eigenvalue weighted by atomic mass is 16.2. The number of nitrogens with two attached hydrogens (primary N) is 1. The van der Waals surface area contributed by atoms with Gasteiger partial charge in [-0.3, -0.25) is 0 Å². The Balaban J connectivity index is 2.89. The van der Waals surface area contributed by atoms with E-state index in [0.29, 0.717) is 5.82 Å². The fraction of sp³-hybridized carbons (Fsp3) is 0.250. The molecule has 1 aromatic heterocycles. The number of hydrogen-bond donors (Lipinski definition) is 2. The predicted octanol–water partition coefficient (Wildman–Crippen LogP) is 0.485. The number of pyridine rings is 1. The Morgan fingerprint density at radius 3 is 3.00 bits per heavy atom. The van der Waals surface area contributed by atoms with Gasteiger partial charge in [0, 0.05) is 6.07 Å². The highest BCUT2D eigenvalue weighted by Crippen LogP contribution is 1.96. The zero-order valence-electron chi connectivity index (χ0n) is 6.95. The minimum Gasteiger partial charge on any atom is -0.331 e. The van der Waals surface area contributed by atoms with E-state index in [1.165, 1.54) is 0 Å². The number of nitrogens with zero attached hydrogens (tertiary/aromatic N) is 1. The Labute approximate surface area is 71.0 Å². The average molecular weight is 166 g/mol. The van der Waals surface area contributed by atoms with E-state index in [0.717, 1.165) is 6.54 Å². The number of anilines is 1. The highest BCUT2D eigenvalue weighted by Gasteiger charge is 2.07. The first kappa shape index (κ1) is 8.52. The first-order valence-electron chi connectivity index (χ1n) is 3.79. The van der Waals surface area contributed by atoms with E-state index in [1.54, 1.807) is 6.07 Å². The summed E-state index contributed by atoms with van der Waals surface area (Å²) < 4.78 is 1.89. The number of aryl methyl sites for hydroxylation is 1. The summed E-state index contributed by atoms with van der Waals surface area (Å²) >= 11 is 0. The number of aromatic nitrogens is 1. The largest absolute Gasteiger partial charge is 0.404 e. The lowest BCUT2D eigenvalue weighted by atomic mass is 10.4. The van der Waals surface area contributed by atoms with Crippen molar-refractivity contribution in [3.05, 3.63) is 24.4 Å². The van der Waals surface area contributed by atoms with Gasteiger partial charge in [0.1, 0.15) is 0 Å². The van der Waals surface area contributed by atoms with Gasteiger partial charge in [-0.1, -0.05) is 6.07 Å². The maximum Gasteiger partial charge on any atom is 0.404 e. The van der Waals surface area contributed by atoms with Crippen molar-refractivity contribution in [2.45, 2.75) is 13.5 Å². The summed E-state index contributed by atoms with van der Waals surface area (Å²) in [5.74, 6) is 0.715. The fourth-order valence-corrected chi connectivity index (χ4v) is 0.992. The predicted molar refractivity (Wildman–Crippen MR) is 45.5 cm³/mol. The van der Waals surface area contributed by atoms with E-state index >= 15 is 0 Å². The summed E-state index contributed by atoms with van der Waals surface area (Å²) in [6.45, 7) is 2.79. The van der Waals surface area contributed by atoms with Crippen molar-refractivity contribution in [1.29, 1.82) is 0 Å². The first-order chi connectivity index (χ1) is 5.74. The number of urea groups is 1. The molecule has 2 amide bonds. The minimum atomic E-state index is -0.539. The molecule has 0 unspecified atom stereocenters. The summed E-state index contributed by atoms with van der Waals surface area (Å²) in [6.07, 6.45) is 1.88. The van der Waals surface area contributed by atoms with Crippen LogP contribution in [0.3, 0.4) is 0 Å². The Hall–Kier alpha value is -1.58. The molecule has 0 bridgehead atoms. The van der Waals surface area contributed by atoms with Crippen LogP contribution in [-0.4, -0.2) is 6.03 Å². The highest BCUT2D eigenvalue weighted by molar-refractivity contribution is 5.85. The minimum absolute atomic E-state index is 0.539. The van der Waals surface area contributed by atoms with Crippen LogP contribution in [0.2, 0.25) is 0 Å². The van der Waals surface area contributed by atoms with Crippen LogP contribution >= 0.6 is 0 Å². The molecule has 0 spiro atoms. The lowest BCUT2D eigenvalue weighted by Gasteiger charge is -2.00. The van der Waals surface area contributed by atoms with Crippen molar-refractivity contribution in [2.24, 2.45) is 5.73 Å². The van der Waals surface area contributed by atoms with Crippen molar-refractivity contribution in [2.75, 3.05) is 5.32 Å². The van der Waals surface area contributed by atoms with E-state index in [9.17, 15) is 4.79 Å². The summed E-state index contributed by atoms with van der Waals surface area (Å²) in [4.78, 5) is 10.5. The molecule has 0 aliphatic carbocycles. The van der Waals surface area contributed by atoms with Crippen LogP contribution < -0.4 is 15.6 Å². The number of carbonyl (C=O) groups is 1. The van der Waals surface area contributed by atoms with Crippen LogP contribution in [-0.2, 0) is 6.54 Å². The van der Waals surface area contributed by atoms with Crippen LogP contribution in [0.5, 0.6) is 0 Å². The van der Waals surface area contributed by atoms with Gasteiger partial charge in [0.05, 0.1) is 12.7 Å². The van der Waals surface area contributed by atoms with Gasteiger partial charge < -0.3 is 5.73 Å². The van der Waals surface area contributed by atoms with E-state index in [2.05, 4.69) is 5.32 Å². The number of nitrogens with one attached hydrogen (secondary N) is 1. The number of amides is 2. The standard InChI is InChI=1S/C8H11N3O/c1-2-11-6-4-3-5-7(11)10-8(9)12/h3-6H,2H2,1H3,(H2,9,12)/p+1. The lowest BCUT2D eigenvalue weighted by Crippen LogP contribution is -2.38. The third-order valence-electron chi connectivity index (χ3n) is 1.53. The molecule has 4 heteroatoms. The maximum atomic E-state index is 10.5. The number of carbonyl (C=O) groups excluding carboxylic acids is 1. The van der Waals surface area contributed by atoms with Gasteiger partial charge in [-0.15, -0.1) is 0 Å². The molecule has 0 aromatic carbocycles. The Kier molecular flexibility index (Phi) is 2.63. The quantitative estimate of drug-likeness (QED) is 0.617. The molecule has 0 aliphatic rings. The topological polar surface area (TPSA) is 59.0 Å². The monoisotopic (exact) mass is 166 g/mol. The zero-order valence-corrected chi connectivity index (χ0v) is 6.95. The van der Waals surface area contributed by atoms with Crippen molar-refractivity contribution >= 4 is 11.8 Å². The Morgan fingerprint density at radius 2 is 2.42 bits per heavy atom. The fourth-order valence-electron chi connectivity index (χ4n) is 0.992. The normalized spacial score (nSPS) is 9.42. The van der Waals surface area contributed by atoms with Crippen LogP contribution in [0.25, 0.3) is 0 Å². The molecule has 0 aliphatic heterocycles. The number of hydrogen-bond acceptors (Lipinski definition) is 1. The van der Waals surface area contributed by atoms with Gasteiger partial charge in [-0.25, -0.2) is 9.36 Å². The molecule has 12 heavy (non-hydrogen) atoms. The molecule has 0 radical (unpaired) electrons. The number of rotatable bonds is 2. The molecule has 0 atom stereocenters. The third kappa shape index (κ3) is 1.95. The van der Waals surface area contributed by atoms with Crippen LogP contribution in [0.1, 0.15) is 6.92 Å². The molecule has 0 saturated carbocycles. The number of primary amides is 1. The summed E-state index contributed by atoms with van der Waals surface area (Å²) in [7, 11) is 0. The Bertz CT molecular complexity index is 285. The van der Waals surface area contributed by atoms with Gasteiger partial charge in [-0.05, 0) is 13.0 Å². The second-order valence-corrected chi connectivity index (χ2v) is 2.36. The summed E-state index contributed by atoms with van der Waals surface area (Å²) in [5.41, 5.74) is 4.98. The maximum absolute atomic E-state index is 10.5. The van der Waals surface area contributed by atoms with Crippen molar-refractivity contribution in [3.63, 3.8) is 0 Å². The summed E-state index contributed by atoms with van der Waals surface area (Å²) in [6, 6.07) is 5.00. The SMILES string of the molecule is CC[n+]1ccccc1NC(N)=O. The van der Waals surface area contributed by atoms with Gasteiger partial charge in [0.2, 0.25) is 0 Å². The second kappa shape index (κ2) is 3.71. The van der Waals surface area contributed by atoms with Crippen LogP contribution in [0.15, 0.2) is 24.4 Å². The first-order valence-corrected chi connectivity index (χ1v) is 3.79. The second-order valence-electron chi connectivity index (χ2n) is 2.36. The van der Waals surface area contributed by atoms with Crippen molar-refractivity contribution in [3.8, 4) is 0 Å². The molecule has 4 nitrogen and oxygen atoms in total. The van der Waals surface area contributed by atoms with E-state index < -0.39 is 6.03 Å². The molecule has 1 heterocycles. The third-order valence-corrected chi connectivity index (χ3v) is 1.53. The average Bonchev–Trinajstić information content (AvgIpc) is 2.04. The molecular weight excluding hydrogens is 154 g/mol. The zero-order chi connectivity index (χ0) is 8.97. The summed E-state index contributed by atoms with van der Waals surface area (Å²) in [5, 5.41) is 2.53. The van der Waals surface area contributed by atoms with Crippen molar-refractivity contribution in [1.82, 2.24) is 0 Å². The van der Waals surface area contributed by atoms with Crippen molar-refractivity contribution < 1.29 is 9.36 Å². The van der Waals surface area contributed by atoms with Gasteiger partial charge in [0.15, 0.2) is 0 Å². The van der Waals surface area contributed by atoms with Gasteiger partial charge >= 0.3 is 6.03 Å². The van der Waals surface area contributed by atoms with Crippen LogP contribution in [0.4, 0.5) is 10.6 Å². The molecule has 3 N–H and O–H groups in total. The molecule has 1 aromatic rings. The van der Waals surface area contributed by atoms with E-state index in [-0.39, 0.29) is 0 Å².